The lowest BCUT2D eigenvalue weighted by molar-refractivity contribution is -0.142. The van der Waals surface area contributed by atoms with Crippen molar-refractivity contribution in [3.8, 4) is 11.3 Å². The number of hydrogen-bond donors (Lipinski definition) is 2. The summed E-state index contributed by atoms with van der Waals surface area (Å²) >= 11 is 0. The Bertz CT molecular complexity index is 1170. The fraction of sp³-hybridized carbons (Fsp3) is 0.120. The van der Waals surface area contributed by atoms with Crippen molar-refractivity contribution >= 4 is 22.6 Å². The van der Waals surface area contributed by atoms with Gasteiger partial charge in [0.1, 0.15) is 11.7 Å². The second-order valence-corrected chi connectivity index (χ2v) is 7.03. The maximum absolute atomic E-state index is 13.2. The first kappa shape index (κ1) is 19.5. The van der Waals surface area contributed by atoms with E-state index in [0.29, 0.717) is 12.1 Å². The lowest BCUT2D eigenvalue weighted by Crippen LogP contribution is -2.43. The van der Waals surface area contributed by atoms with Crippen LogP contribution < -0.4 is 5.32 Å². The molecule has 5 heteroatoms. The number of rotatable bonds is 6. The number of ether oxygens (including phenoxy) is 1. The number of aromatic amines is 1. The molecule has 3 aromatic carbocycles. The van der Waals surface area contributed by atoms with Crippen LogP contribution >= 0.6 is 0 Å². The van der Waals surface area contributed by atoms with Gasteiger partial charge >= 0.3 is 5.97 Å². The maximum atomic E-state index is 13.2. The van der Waals surface area contributed by atoms with Crippen LogP contribution in [0, 0.1) is 0 Å². The minimum absolute atomic E-state index is 0.347. The van der Waals surface area contributed by atoms with Gasteiger partial charge in [-0.05, 0) is 11.1 Å². The fourth-order valence-electron chi connectivity index (χ4n) is 3.61. The van der Waals surface area contributed by atoms with E-state index in [4.69, 9.17) is 4.74 Å². The predicted molar refractivity (Wildman–Crippen MR) is 117 cm³/mol. The number of fused-ring (bicyclic) bond motifs is 1. The highest BCUT2D eigenvalue weighted by molar-refractivity contribution is 6.11. The van der Waals surface area contributed by atoms with Crippen molar-refractivity contribution in [1.29, 1.82) is 0 Å². The Hall–Kier alpha value is -3.86. The van der Waals surface area contributed by atoms with E-state index in [1.807, 2.05) is 84.9 Å². The standard InChI is InChI=1S/C25H22N2O3/c1-30-25(29)21(16-17-10-4-2-5-11-17)26-24(28)23-20-15-9-8-14-19(20)22(27-23)18-12-6-3-7-13-18/h2-15,21,27H,16H2,1H3,(H,26,28)/t21-/m0/s1. The first-order chi connectivity index (χ1) is 14.7. The molecule has 0 bridgehead atoms. The molecule has 1 atom stereocenters. The molecule has 0 radical (unpaired) electrons. The van der Waals surface area contributed by atoms with Gasteiger partial charge in [-0.2, -0.15) is 0 Å². The molecule has 0 saturated carbocycles. The number of benzene rings is 3. The van der Waals surface area contributed by atoms with Gasteiger partial charge in [-0.15, -0.1) is 0 Å². The van der Waals surface area contributed by atoms with E-state index in [1.54, 1.807) is 0 Å². The Morgan fingerprint density at radius 1 is 0.867 bits per heavy atom. The highest BCUT2D eigenvalue weighted by Gasteiger charge is 2.25. The normalized spacial score (nSPS) is 11.8. The Balaban J connectivity index is 1.67. The molecule has 4 rings (SSSR count). The number of nitrogens with one attached hydrogen (secondary N) is 2. The molecule has 1 amide bonds. The molecular formula is C25H22N2O3. The number of esters is 1. The summed E-state index contributed by atoms with van der Waals surface area (Å²) in [6, 6.07) is 26.3. The zero-order valence-corrected chi connectivity index (χ0v) is 16.6. The molecule has 0 aliphatic rings. The van der Waals surface area contributed by atoms with Gasteiger partial charge in [0.15, 0.2) is 0 Å². The smallest absolute Gasteiger partial charge is 0.328 e. The minimum atomic E-state index is -0.785. The number of carbonyl (C=O) groups is 2. The van der Waals surface area contributed by atoms with Crippen LogP contribution in [0.15, 0.2) is 84.9 Å². The molecule has 1 aromatic heterocycles. The van der Waals surface area contributed by atoms with Crippen molar-refractivity contribution in [2.24, 2.45) is 0 Å². The molecule has 5 nitrogen and oxygen atoms in total. The second kappa shape index (κ2) is 8.66. The van der Waals surface area contributed by atoms with Gasteiger partial charge in [0.25, 0.3) is 5.91 Å². The molecule has 2 N–H and O–H groups in total. The van der Waals surface area contributed by atoms with E-state index in [0.717, 1.165) is 27.6 Å². The van der Waals surface area contributed by atoms with Crippen LogP contribution in [0.4, 0.5) is 0 Å². The molecule has 0 aliphatic heterocycles. The summed E-state index contributed by atoms with van der Waals surface area (Å²) in [7, 11) is 1.32. The first-order valence-corrected chi connectivity index (χ1v) is 9.76. The van der Waals surface area contributed by atoms with Crippen LogP contribution in [0.25, 0.3) is 22.0 Å². The quantitative estimate of drug-likeness (QED) is 0.475. The van der Waals surface area contributed by atoms with Crippen LogP contribution in [-0.4, -0.2) is 30.0 Å². The summed E-state index contributed by atoms with van der Waals surface area (Å²) in [5, 5.41) is 4.60. The third-order valence-electron chi connectivity index (χ3n) is 5.08. The molecular weight excluding hydrogens is 376 g/mol. The largest absolute Gasteiger partial charge is 0.467 e. The van der Waals surface area contributed by atoms with Gasteiger partial charge in [-0.25, -0.2) is 4.79 Å². The van der Waals surface area contributed by atoms with Gasteiger partial charge in [0.05, 0.1) is 12.8 Å². The van der Waals surface area contributed by atoms with Crippen molar-refractivity contribution < 1.29 is 14.3 Å². The Morgan fingerprint density at radius 2 is 1.47 bits per heavy atom. The van der Waals surface area contributed by atoms with E-state index in [2.05, 4.69) is 10.3 Å². The molecule has 0 aliphatic carbocycles. The third kappa shape index (κ3) is 3.96. The van der Waals surface area contributed by atoms with Gasteiger partial charge in [-0.1, -0.05) is 84.9 Å². The number of H-pyrrole nitrogens is 1. The third-order valence-corrected chi connectivity index (χ3v) is 5.08. The Kier molecular flexibility index (Phi) is 5.61. The van der Waals surface area contributed by atoms with Gasteiger partial charge in [0, 0.05) is 17.2 Å². The summed E-state index contributed by atoms with van der Waals surface area (Å²) in [6.45, 7) is 0. The fourth-order valence-corrected chi connectivity index (χ4v) is 3.61. The molecule has 0 fully saturated rings. The number of hydrogen-bond acceptors (Lipinski definition) is 3. The predicted octanol–water partition coefficient (Wildman–Crippen LogP) is 4.35. The Morgan fingerprint density at radius 3 is 2.13 bits per heavy atom. The lowest BCUT2D eigenvalue weighted by Gasteiger charge is -2.16. The molecule has 150 valence electrons. The minimum Gasteiger partial charge on any atom is -0.467 e. The number of carbonyl (C=O) groups excluding carboxylic acids is 2. The SMILES string of the molecule is COC(=O)[C@H](Cc1ccccc1)NC(=O)c1[nH]c(-c2ccccc2)c2ccccc12. The lowest BCUT2D eigenvalue weighted by atomic mass is 10.1. The maximum Gasteiger partial charge on any atom is 0.328 e. The number of aromatic nitrogens is 1. The van der Waals surface area contributed by atoms with Crippen molar-refractivity contribution in [3.05, 3.63) is 96.2 Å². The zero-order valence-electron chi connectivity index (χ0n) is 16.6. The molecule has 30 heavy (non-hydrogen) atoms. The van der Waals surface area contributed by atoms with Crippen LogP contribution in [0.3, 0.4) is 0 Å². The highest BCUT2D eigenvalue weighted by atomic mass is 16.5. The average Bonchev–Trinajstić information content (AvgIpc) is 3.19. The van der Waals surface area contributed by atoms with E-state index in [9.17, 15) is 9.59 Å². The van der Waals surface area contributed by atoms with Crippen LogP contribution in [0.2, 0.25) is 0 Å². The summed E-state index contributed by atoms with van der Waals surface area (Å²) in [5.41, 5.74) is 3.22. The highest BCUT2D eigenvalue weighted by Crippen LogP contribution is 2.30. The monoisotopic (exact) mass is 398 g/mol. The molecule has 0 spiro atoms. The van der Waals surface area contributed by atoms with E-state index < -0.39 is 12.0 Å². The Labute approximate surface area is 174 Å². The van der Waals surface area contributed by atoms with Crippen molar-refractivity contribution in [3.63, 3.8) is 0 Å². The number of methoxy groups -OCH3 is 1. The molecule has 4 aromatic rings. The summed E-state index contributed by atoms with van der Waals surface area (Å²) in [4.78, 5) is 28.8. The van der Waals surface area contributed by atoms with Crippen LogP contribution in [0.5, 0.6) is 0 Å². The van der Waals surface area contributed by atoms with Crippen molar-refractivity contribution in [2.45, 2.75) is 12.5 Å². The van der Waals surface area contributed by atoms with E-state index >= 15 is 0 Å². The summed E-state index contributed by atoms with van der Waals surface area (Å²) in [5.74, 6) is -0.828. The van der Waals surface area contributed by atoms with Gasteiger partial charge < -0.3 is 15.0 Å². The van der Waals surface area contributed by atoms with Crippen molar-refractivity contribution in [1.82, 2.24) is 10.3 Å². The van der Waals surface area contributed by atoms with E-state index in [1.165, 1.54) is 7.11 Å². The van der Waals surface area contributed by atoms with Crippen LogP contribution in [-0.2, 0) is 16.0 Å². The molecule has 1 heterocycles. The van der Waals surface area contributed by atoms with E-state index in [-0.39, 0.29) is 5.91 Å². The van der Waals surface area contributed by atoms with Crippen LogP contribution in [0.1, 0.15) is 16.1 Å². The summed E-state index contributed by atoms with van der Waals surface area (Å²) < 4.78 is 4.92. The second-order valence-electron chi connectivity index (χ2n) is 7.03. The topological polar surface area (TPSA) is 71.2 Å². The molecule has 0 saturated heterocycles. The van der Waals surface area contributed by atoms with Gasteiger partial charge in [-0.3, -0.25) is 4.79 Å². The molecule has 0 unspecified atom stereocenters. The summed E-state index contributed by atoms with van der Waals surface area (Å²) in [6.07, 6.45) is 0.351. The number of amides is 1. The zero-order chi connectivity index (χ0) is 20.9. The average molecular weight is 398 g/mol. The van der Waals surface area contributed by atoms with Crippen molar-refractivity contribution in [2.75, 3.05) is 7.11 Å². The van der Waals surface area contributed by atoms with Gasteiger partial charge in [0.2, 0.25) is 0 Å². The first-order valence-electron chi connectivity index (χ1n) is 9.76.